The molecule has 0 aliphatic carbocycles. The van der Waals surface area contributed by atoms with Crippen molar-refractivity contribution < 1.29 is 14.1 Å². The van der Waals surface area contributed by atoms with Crippen molar-refractivity contribution in [3.63, 3.8) is 0 Å². The van der Waals surface area contributed by atoms with Crippen molar-refractivity contribution in [1.29, 1.82) is 0 Å². The first-order valence-electron chi connectivity index (χ1n) is 6.36. The summed E-state index contributed by atoms with van der Waals surface area (Å²) in [4.78, 5) is 10.1. The van der Waals surface area contributed by atoms with Gasteiger partial charge in [-0.1, -0.05) is 18.2 Å². The number of rotatable bonds is 6. The topological polar surface area (TPSA) is 64.4 Å². The Labute approximate surface area is 121 Å². The summed E-state index contributed by atoms with van der Waals surface area (Å²) in [6, 6.07) is 11.1. The van der Waals surface area contributed by atoms with Gasteiger partial charge in [-0.15, -0.1) is 0 Å². The lowest BCUT2D eigenvalue weighted by Gasteiger charge is -2.09. The van der Waals surface area contributed by atoms with E-state index in [9.17, 15) is 14.5 Å². The quantitative estimate of drug-likeness (QED) is 0.656. The van der Waals surface area contributed by atoms with Crippen molar-refractivity contribution in [1.82, 2.24) is 5.32 Å². The van der Waals surface area contributed by atoms with Gasteiger partial charge in [0.25, 0.3) is 5.69 Å². The molecule has 0 amide bonds. The van der Waals surface area contributed by atoms with E-state index in [1.807, 2.05) is 24.3 Å². The van der Waals surface area contributed by atoms with Crippen LogP contribution in [0.2, 0.25) is 0 Å². The summed E-state index contributed by atoms with van der Waals surface area (Å²) in [5, 5.41) is 13.8. The molecular weight excluding hydrogens is 275 g/mol. The van der Waals surface area contributed by atoms with Gasteiger partial charge in [-0.05, 0) is 17.7 Å². The molecule has 0 heterocycles. The highest BCUT2D eigenvalue weighted by Gasteiger charge is 2.09. The largest absolute Gasteiger partial charge is 0.496 e. The number of benzene rings is 2. The Bertz CT molecular complexity index is 647. The predicted octanol–water partition coefficient (Wildman–Crippen LogP) is 3.03. The molecule has 0 radical (unpaired) electrons. The van der Waals surface area contributed by atoms with Gasteiger partial charge in [-0.2, -0.15) is 0 Å². The number of para-hydroxylation sites is 1. The second kappa shape index (κ2) is 6.81. The molecule has 0 spiro atoms. The van der Waals surface area contributed by atoms with Gasteiger partial charge in [0, 0.05) is 24.7 Å². The fraction of sp³-hybridized carbons (Fsp3) is 0.200. The summed E-state index contributed by atoms with van der Waals surface area (Å²) in [6.07, 6.45) is 0. The van der Waals surface area contributed by atoms with Crippen LogP contribution in [0.1, 0.15) is 11.1 Å². The normalized spacial score (nSPS) is 10.4. The number of nitro benzene ring substituents is 1. The van der Waals surface area contributed by atoms with E-state index < -0.39 is 10.7 Å². The number of ether oxygens (including phenoxy) is 1. The summed E-state index contributed by atoms with van der Waals surface area (Å²) in [7, 11) is 1.59. The molecule has 0 atom stereocenters. The lowest BCUT2D eigenvalue weighted by Crippen LogP contribution is -2.13. The van der Waals surface area contributed by atoms with E-state index in [0.717, 1.165) is 17.4 Å². The molecule has 0 bridgehead atoms. The first kappa shape index (κ1) is 14.9. The van der Waals surface area contributed by atoms with Crippen LogP contribution < -0.4 is 10.1 Å². The first-order chi connectivity index (χ1) is 10.1. The fourth-order valence-corrected chi connectivity index (χ4v) is 2.03. The molecule has 0 saturated carbocycles. The van der Waals surface area contributed by atoms with Crippen molar-refractivity contribution in [3.8, 4) is 5.75 Å². The van der Waals surface area contributed by atoms with E-state index in [-0.39, 0.29) is 5.69 Å². The molecule has 6 heteroatoms. The molecule has 0 aromatic heterocycles. The second-order valence-corrected chi connectivity index (χ2v) is 4.49. The summed E-state index contributed by atoms with van der Waals surface area (Å²) in [5.74, 6) is 0.147. The SMILES string of the molecule is COc1ccccc1CNCc1cc(F)cc([N+](=O)[O-])c1. The Hall–Kier alpha value is -2.47. The summed E-state index contributed by atoms with van der Waals surface area (Å²) in [6.45, 7) is 0.852. The van der Waals surface area contributed by atoms with Crippen LogP contribution >= 0.6 is 0 Å². The van der Waals surface area contributed by atoms with Gasteiger partial charge >= 0.3 is 0 Å². The molecule has 0 aliphatic heterocycles. The van der Waals surface area contributed by atoms with Crippen LogP contribution in [0.3, 0.4) is 0 Å². The van der Waals surface area contributed by atoms with Crippen LogP contribution in [0.25, 0.3) is 0 Å². The van der Waals surface area contributed by atoms with E-state index in [2.05, 4.69) is 5.32 Å². The molecule has 1 N–H and O–H groups in total. The summed E-state index contributed by atoms with van der Waals surface area (Å²) in [5.41, 5.74) is 1.24. The molecular formula is C15H15FN2O3. The summed E-state index contributed by atoms with van der Waals surface area (Å²) < 4.78 is 18.5. The highest BCUT2D eigenvalue weighted by molar-refractivity contribution is 5.36. The van der Waals surface area contributed by atoms with E-state index in [4.69, 9.17) is 4.74 Å². The van der Waals surface area contributed by atoms with Crippen molar-refractivity contribution >= 4 is 5.69 Å². The number of hydrogen-bond donors (Lipinski definition) is 1. The molecule has 2 aromatic carbocycles. The van der Waals surface area contributed by atoms with Crippen LogP contribution in [0.4, 0.5) is 10.1 Å². The second-order valence-electron chi connectivity index (χ2n) is 4.49. The molecule has 2 rings (SSSR count). The van der Waals surface area contributed by atoms with Crippen molar-refractivity contribution in [2.75, 3.05) is 7.11 Å². The molecule has 5 nitrogen and oxygen atoms in total. The molecule has 110 valence electrons. The Morgan fingerprint density at radius 2 is 2.00 bits per heavy atom. The van der Waals surface area contributed by atoms with Crippen molar-refractivity contribution in [2.45, 2.75) is 13.1 Å². The molecule has 0 unspecified atom stereocenters. The molecule has 0 saturated heterocycles. The van der Waals surface area contributed by atoms with Crippen molar-refractivity contribution in [2.24, 2.45) is 0 Å². The highest BCUT2D eigenvalue weighted by Crippen LogP contribution is 2.18. The van der Waals surface area contributed by atoms with Gasteiger partial charge in [-0.25, -0.2) is 4.39 Å². The van der Waals surface area contributed by atoms with Crippen LogP contribution in [0, 0.1) is 15.9 Å². The fourth-order valence-electron chi connectivity index (χ4n) is 2.03. The third-order valence-corrected chi connectivity index (χ3v) is 2.99. The maximum atomic E-state index is 13.3. The lowest BCUT2D eigenvalue weighted by molar-refractivity contribution is -0.385. The van der Waals surface area contributed by atoms with E-state index in [0.29, 0.717) is 18.7 Å². The number of nitrogens with zero attached hydrogens (tertiary/aromatic N) is 1. The first-order valence-corrected chi connectivity index (χ1v) is 6.36. The number of hydrogen-bond acceptors (Lipinski definition) is 4. The lowest BCUT2D eigenvalue weighted by atomic mass is 10.1. The molecule has 0 aliphatic rings. The molecule has 21 heavy (non-hydrogen) atoms. The van der Waals surface area contributed by atoms with E-state index in [1.54, 1.807) is 7.11 Å². The number of nitrogens with one attached hydrogen (secondary N) is 1. The van der Waals surface area contributed by atoms with Gasteiger partial charge in [0.15, 0.2) is 0 Å². The molecule has 0 fully saturated rings. The average molecular weight is 290 g/mol. The highest BCUT2D eigenvalue weighted by atomic mass is 19.1. The maximum Gasteiger partial charge on any atom is 0.272 e. The Kier molecular flexibility index (Phi) is 4.84. The Balaban J connectivity index is 2.02. The zero-order chi connectivity index (χ0) is 15.2. The van der Waals surface area contributed by atoms with Gasteiger partial charge in [0.05, 0.1) is 18.1 Å². The number of methoxy groups -OCH3 is 1. The average Bonchev–Trinajstić information content (AvgIpc) is 2.47. The zero-order valence-electron chi connectivity index (χ0n) is 11.5. The zero-order valence-corrected chi connectivity index (χ0v) is 11.5. The number of nitro groups is 1. The van der Waals surface area contributed by atoms with Gasteiger partial charge in [0.2, 0.25) is 0 Å². The van der Waals surface area contributed by atoms with Crippen LogP contribution in [-0.4, -0.2) is 12.0 Å². The summed E-state index contributed by atoms with van der Waals surface area (Å²) >= 11 is 0. The minimum atomic E-state index is -0.613. The number of non-ortho nitro benzene ring substituents is 1. The Morgan fingerprint density at radius 1 is 1.24 bits per heavy atom. The van der Waals surface area contributed by atoms with E-state index >= 15 is 0 Å². The van der Waals surface area contributed by atoms with Gasteiger partial charge in [-0.3, -0.25) is 10.1 Å². The predicted molar refractivity (Wildman–Crippen MR) is 76.6 cm³/mol. The van der Waals surface area contributed by atoms with Crippen LogP contribution in [0.15, 0.2) is 42.5 Å². The standard InChI is InChI=1S/C15H15FN2O3/c1-21-15-5-3-2-4-12(15)10-17-9-11-6-13(16)8-14(7-11)18(19)20/h2-8,17H,9-10H2,1H3. The number of halogens is 1. The van der Waals surface area contributed by atoms with E-state index in [1.165, 1.54) is 12.1 Å². The molecule has 2 aromatic rings. The smallest absolute Gasteiger partial charge is 0.272 e. The van der Waals surface area contributed by atoms with Gasteiger partial charge in [0.1, 0.15) is 11.6 Å². The van der Waals surface area contributed by atoms with Crippen LogP contribution in [0.5, 0.6) is 5.75 Å². The maximum absolute atomic E-state index is 13.3. The third kappa shape index (κ3) is 4.00. The third-order valence-electron chi connectivity index (χ3n) is 2.99. The van der Waals surface area contributed by atoms with Crippen LogP contribution in [-0.2, 0) is 13.1 Å². The van der Waals surface area contributed by atoms with Crippen molar-refractivity contribution in [3.05, 3.63) is 69.5 Å². The van der Waals surface area contributed by atoms with Gasteiger partial charge < -0.3 is 10.1 Å². The minimum Gasteiger partial charge on any atom is -0.496 e. The monoisotopic (exact) mass is 290 g/mol. The Morgan fingerprint density at radius 3 is 2.71 bits per heavy atom. The minimum absolute atomic E-state index is 0.246.